The topological polar surface area (TPSA) is 17.8 Å². The van der Waals surface area contributed by atoms with Crippen molar-refractivity contribution in [2.24, 2.45) is 5.92 Å². The zero-order chi connectivity index (χ0) is 14.9. The van der Waals surface area contributed by atoms with Gasteiger partial charge in [-0.2, -0.15) is 0 Å². The van der Waals surface area contributed by atoms with Crippen LogP contribution in [-0.2, 0) is 6.42 Å². The molecule has 0 amide bonds. The summed E-state index contributed by atoms with van der Waals surface area (Å²) < 4.78 is 16.0. The second-order valence-corrected chi connectivity index (χ2v) is 5.93. The van der Waals surface area contributed by atoms with Gasteiger partial charge in [-0.15, -0.1) is 11.6 Å². The molecule has 0 aliphatic rings. The lowest BCUT2D eigenvalue weighted by atomic mass is 10.00. The van der Waals surface area contributed by atoms with Gasteiger partial charge in [0.1, 0.15) is 11.6 Å². The van der Waals surface area contributed by atoms with Gasteiger partial charge >= 0.3 is 0 Å². The van der Waals surface area contributed by atoms with E-state index in [0.29, 0.717) is 29.8 Å². The number of imidazole rings is 1. The summed E-state index contributed by atoms with van der Waals surface area (Å²) in [6, 6.07) is 3.75. The summed E-state index contributed by atoms with van der Waals surface area (Å²) in [5, 5.41) is 0. The Hall–Kier alpha value is -1.09. The first-order valence-corrected chi connectivity index (χ1v) is 7.76. The minimum absolute atomic E-state index is 0.198. The molecule has 0 saturated heterocycles. The molecule has 0 fully saturated rings. The first-order chi connectivity index (χ1) is 9.49. The average molecular weight is 297 g/mol. The maximum atomic E-state index is 13.7. The van der Waals surface area contributed by atoms with Crippen LogP contribution < -0.4 is 0 Å². The molecule has 0 bridgehead atoms. The van der Waals surface area contributed by atoms with Gasteiger partial charge in [0.15, 0.2) is 0 Å². The summed E-state index contributed by atoms with van der Waals surface area (Å²) in [7, 11) is 0. The van der Waals surface area contributed by atoms with E-state index < -0.39 is 0 Å². The molecule has 110 valence electrons. The number of aromatic nitrogens is 2. The van der Waals surface area contributed by atoms with Crippen molar-refractivity contribution in [3.8, 4) is 0 Å². The lowest BCUT2D eigenvalue weighted by molar-refractivity contribution is 0.369. The zero-order valence-corrected chi connectivity index (χ0v) is 13.3. The van der Waals surface area contributed by atoms with Gasteiger partial charge in [0.05, 0.1) is 11.0 Å². The second-order valence-electron chi connectivity index (χ2n) is 5.55. The standard InChI is InChI=1S/C16H22ClFN2/c1-5-10(2)12(4)20-15-8-11(3)13(18)9-14(15)19-16(20)6-7-17/h8-10,12H,5-7H2,1-4H3. The Kier molecular flexibility index (Phi) is 4.69. The molecule has 1 heterocycles. The first-order valence-electron chi connectivity index (χ1n) is 7.22. The molecule has 2 aromatic rings. The Labute approximate surface area is 125 Å². The normalized spacial score (nSPS) is 14.7. The number of benzene rings is 1. The number of fused-ring (bicyclic) bond motifs is 1. The SMILES string of the molecule is CCC(C)C(C)n1c(CCCl)nc2cc(F)c(C)cc21. The van der Waals surface area contributed by atoms with E-state index in [4.69, 9.17) is 11.6 Å². The molecule has 0 N–H and O–H groups in total. The molecule has 0 spiro atoms. The van der Waals surface area contributed by atoms with Crippen LogP contribution in [0.4, 0.5) is 4.39 Å². The van der Waals surface area contributed by atoms with Gasteiger partial charge in [0.2, 0.25) is 0 Å². The smallest absolute Gasteiger partial charge is 0.128 e. The van der Waals surface area contributed by atoms with Crippen molar-refractivity contribution in [1.29, 1.82) is 0 Å². The third kappa shape index (κ3) is 2.69. The van der Waals surface area contributed by atoms with E-state index in [9.17, 15) is 4.39 Å². The predicted molar refractivity (Wildman–Crippen MR) is 83.0 cm³/mol. The van der Waals surface area contributed by atoms with E-state index >= 15 is 0 Å². The first kappa shape index (κ1) is 15.3. The Morgan fingerprint density at radius 1 is 1.35 bits per heavy atom. The average Bonchev–Trinajstić information content (AvgIpc) is 2.75. The maximum absolute atomic E-state index is 13.7. The van der Waals surface area contributed by atoms with Crippen LogP contribution in [0, 0.1) is 18.7 Å². The van der Waals surface area contributed by atoms with Gasteiger partial charge in [-0.05, 0) is 31.4 Å². The number of rotatable bonds is 5. The summed E-state index contributed by atoms with van der Waals surface area (Å²) in [5.41, 5.74) is 2.40. The number of hydrogen-bond donors (Lipinski definition) is 0. The van der Waals surface area contributed by atoms with Gasteiger partial charge in [0, 0.05) is 24.4 Å². The lowest BCUT2D eigenvalue weighted by Gasteiger charge is -2.23. The fourth-order valence-corrected chi connectivity index (χ4v) is 2.75. The van der Waals surface area contributed by atoms with E-state index in [-0.39, 0.29) is 5.82 Å². The molecule has 20 heavy (non-hydrogen) atoms. The molecule has 0 aliphatic heterocycles. The highest BCUT2D eigenvalue weighted by molar-refractivity contribution is 6.17. The van der Waals surface area contributed by atoms with Crippen LogP contribution in [0.3, 0.4) is 0 Å². The van der Waals surface area contributed by atoms with Crippen molar-refractivity contribution < 1.29 is 4.39 Å². The quantitative estimate of drug-likeness (QED) is 0.720. The molecule has 4 heteroatoms. The van der Waals surface area contributed by atoms with E-state index in [2.05, 4.69) is 30.3 Å². The largest absolute Gasteiger partial charge is 0.325 e. The van der Waals surface area contributed by atoms with Gasteiger partial charge in [0.25, 0.3) is 0 Å². The fraction of sp³-hybridized carbons (Fsp3) is 0.562. The summed E-state index contributed by atoms with van der Waals surface area (Å²) in [5.74, 6) is 1.81. The molecule has 0 saturated carbocycles. The molecule has 2 nitrogen and oxygen atoms in total. The van der Waals surface area contributed by atoms with Crippen molar-refractivity contribution in [2.75, 3.05) is 5.88 Å². The van der Waals surface area contributed by atoms with Crippen molar-refractivity contribution in [2.45, 2.75) is 46.6 Å². The van der Waals surface area contributed by atoms with E-state index in [1.54, 1.807) is 6.92 Å². The third-order valence-electron chi connectivity index (χ3n) is 4.24. The molecule has 0 aliphatic carbocycles. The highest BCUT2D eigenvalue weighted by Gasteiger charge is 2.20. The molecule has 0 radical (unpaired) electrons. The summed E-state index contributed by atoms with van der Waals surface area (Å²) in [6.45, 7) is 8.41. The van der Waals surface area contributed by atoms with Crippen LogP contribution in [0.2, 0.25) is 0 Å². The number of nitrogens with zero attached hydrogens (tertiary/aromatic N) is 2. The van der Waals surface area contributed by atoms with Crippen LogP contribution in [-0.4, -0.2) is 15.4 Å². The number of halogens is 2. The van der Waals surface area contributed by atoms with Crippen LogP contribution >= 0.6 is 11.6 Å². The molecule has 2 unspecified atom stereocenters. The van der Waals surface area contributed by atoms with Gasteiger partial charge in [-0.1, -0.05) is 20.3 Å². The Balaban J connectivity index is 2.64. The molecule has 1 aromatic heterocycles. The van der Waals surface area contributed by atoms with E-state index in [1.807, 2.05) is 6.07 Å². The summed E-state index contributed by atoms with van der Waals surface area (Å²) in [4.78, 5) is 4.58. The fourth-order valence-electron chi connectivity index (χ4n) is 2.58. The zero-order valence-electron chi connectivity index (χ0n) is 12.6. The number of hydrogen-bond acceptors (Lipinski definition) is 1. The summed E-state index contributed by atoms with van der Waals surface area (Å²) >= 11 is 5.89. The highest BCUT2D eigenvalue weighted by atomic mass is 35.5. The lowest BCUT2D eigenvalue weighted by Crippen LogP contribution is -2.16. The van der Waals surface area contributed by atoms with Gasteiger partial charge in [-0.25, -0.2) is 9.37 Å². The molecule has 2 rings (SSSR count). The van der Waals surface area contributed by atoms with Crippen LogP contribution in [0.1, 0.15) is 44.6 Å². The Morgan fingerprint density at radius 2 is 2.05 bits per heavy atom. The third-order valence-corrected chi connectivity index (χ3v) is 4.42. The van der Waals surface area contributed by atoms with Crippen LogP contribution in [0.5, 0.6) is 0 Å². The van der Waals surface area contributed by atoms with Crippen molar-refractivity contribution >= 4 is 22.6 Å². The number of aryl methyl sites for hydroxylation is 2. The van der Waals surface area contributed by atoms with Gasteiger partial charge < -0.3 is 4.57 Å². The van der Waals surface area contributed by atoms with Crippen LogP contribution in [0.25, 0.3) is 11.0 Å². The molecule has 1 aromatic carbocycles. The van der Waals surface area contributed by atoms with Crippen LogP contribution in [0.15, 0.2) is 12.1 Å². The predicted octanol–water partition coefficient (Wildman–Crippen LogP) is 4.87. The highest BCUT2D eigenvalue weighted by Crippen LogP contribution is 2.29. The molecular weight excluding hydrogens is 275 g/mol. The Morgan fingerprint density at radius 3 is 2.65 bits per heavy atom. The van der Waals surface area contributed by atoms with Gasteiger partial charge in [-0.3, -0.25) is 0 Å². The molecule has 2 atom stereocenters. The van der Waals surface area contributed by atoms with E-state index in [0.717, 1.165) is 23.3 Å². The molecular formula is C16H22ClFN2. The Bertz CT molecular complexity index is 606. The number of alkyl halides is 1. The summed E-state index contributed by atoms with van der Waals surface area (Å²) in [6.07, 6.45) is 1.80. The minimum atomic E-state index is -0.198. The maximum Gasteiger partial charge on any atom is 0.128 e. The minimum Gasteiger partial charge on any atom is -0.325 e. The monoisotopic (exact) mass is 296 g/mol. The van der Waals surface area contributed by atoms with Crippen molar-refractivity contribution in [1.82, 2.24) is 9.55 Å². The van der Waals surface area contributed by atoms with E-state index in [1.165, 1.54) is 6.07 Å². The second kappa shape index (κ2) is 6.13. The van der Waals surface area contributed by atoms with Crippen molar-refractivity contribution in [3.63, 3.8) is 0 Å². The van der Waals surface area contributed by atoms with Crippen molar-refractivity contribution in [3.05, 3.63) is 29.3 Å².